The van der Waals surface area contributed by atoms with Crippen LogP contribution in [0.3, 0.4) is 0 Å². The van der Waals surface area contributed by atoms with Crippen LogP contribution in [0.15, 0.2) is 60.8 Å². The van der Waals surface area contributed by atoms with Gasteiger partial charge < -0.3 is 10.2 Å². The van der Waals surface area contributed by atoms with Gasteiger partial charge in [0.15, 0.2) is 0 Å². The molecule has 140 valence electrons. The van der Waals surface area contributed by atoms with Gasteiger partial charge in [-0.3, -0.25) is 4.79 Å². The molecule has 0 saturated carbocycles. The normalized spacial score (nSPS) is 14.0. The average Bonchev–Trinajstić information content (AvgIpc) is 2.58. The minimum atomic E-state index is -0.759. The topological polar surface area (TPSA) is 57.5 Å². The molecule has 1 atom stereocenters. The predicted octanol–water partition coefficient (Wildman–Crippen LogP) is 5.74. The van der Waals surface area contributed by atoms with Crippen molar-refractivity contribution >= 4 is 5.97 Å². The van der Waals surface area contributed by atoms with E-state index in [4.69, 9.17) is 5.11 Å². The van der Waals surface area contributed by atoms with Crippen molar-refractivity contribution in [3.8, 4) is 0 Å². The monoisotopic (exact) mass is 346 g/mol. The molecule has 0 saturated heterocycles. The first-order valence-electron chi connectivity index (χ1n) is 9.35. The Balaban J connectivity index is 3.65. The van der Waals surface area contributed by atoms with Gasteiger partial charge in [0, 0.05) is 6.42 Å². The van der Waals surface area contributed by atoms with Crippen molar-refractivity contribution in [2.24, 2.45) is 0 Å². The summed E-state index contributed by atoms with van der Waals surface area (Å²) in [7, 11) is 0. The van der Waals surface area contributed by atoms with E-state index in [2.05, 4.69) is 25.2 Å². The van der Waals surface area contributed by atoms with Gasteiger partial charge in [0.05, 0.1) is 6.10 Å². The lowest BCUT2D eigenvalue weighted by Gasteiger charge is -1.98. The standard InChI is InChI=1S/C22H34O3/c1-2-3-4-5-9-12-15-18-21(23)19-16-13-10-7-6-8-11-14-17-20-22(24)25/h6-7,9,11-16,18,21,23H,2-5,8,10,17,19-20H2,1H3,(H,24,25)/b7-6-,12-9-,14-11-,16-13-,18-15+. The molecule has 0 aromatic rings. The van der Waals surface area contributed by atoms with E-state index >= 15 is 0 Å². The van der Waals surface area contributed by atoms with Crippen LogP contribution >= 0.6 is 0 Å². The van der Waals surface area contributed by atoms with Crippen LogP contribution in [0.2, 0.25) is 0 Å². The number of aliphatic carboxylic acids is 1. The Kier molecular flexibility index (Phi) is 17.1. The van der Waals surface area contributed by atoms with Crippen LogP contribution in [0.25, 0.3) is 0 Å². The number of hydrogen-bond acceptors (Lipinski definition) is 2. The molecule has 0 fully saturated rings. The summed E-state index contributed by atoms with van der Waals surface area (Å²) in [5.41, 5.74) is 0. The Bertz CT molecular complexity index is 456. The molecule has 0 amide bonds. The van der Waals surface area contributed by atoms with Crippen LogP contribution in [-0.4, -0.2) is 22.3 Å². The Morgan fingerprint density at radius 3 is 2.24 bits per heavy atom. The average molecular weight is 347 g/mol. The zero-order valence-electron chi connectivity index (χ0n) is 15.5. The molecule has 0 heterocycles. The summed E-state index contributed by atoms with van der Waals surface area (Å²) in [5, 5.41) is 18.3. The van der Waals surface area contributed by atoms with Gasteiger partial charge in [0.1, 0.15) is 0 Å². The van der Waals surface area contributed by atoms with Crippen LogP contribution in [0.5, 0.6) is 0 Å². The van der Waals surface area contributed by atoms with Crippen LogP contribution in [0.4, 0.5) is 0 Å². The molecule has 3 heteroatoms. The molecule has 0 radical (unpaired) electrons. The quantitative estimate of drug-likeness (QED) is 0.226. The van der Waals surface area contributed by atoms with Crippen LogP contribution in [0, 0.1) is 0 Å². The Labute approximate surface area is 153 Å². The molecule has 25 heavy (non-hydrogen) atoms. The molecule has 0 bridgehead atoms. The Morgan fingerprint density at radius 2 is 1.56 bits per heavy atom. The van der Waals surface area contributed by atoms with E-state index in [1.165, 1.54) is 19.3 Å². The first-order chi connectivity index (χ1) is 12.2. The second-order valence-corrected chi connectivity index (χ2v) is 5.93. The third-order valence-electron chi connectivity index (χ3n) is 3.50. The minimum absolute atomic E-state index is 0.189. The maximum atomic E-state index is 10.3. The second kappa shape index (κ2) is 18.5. The van der Waals surface area contributed by atoms with Crippen molar-refractivity contribution in [2.75, 3.05) is 0 Å². The highest BCUT2D eigenvalue weighted by atomic mass is 16.4. The number of aliphatic hydroxyl groups is 1. The number of aliphatic hydroxyl groups excluding tert-OH is 1. The summed E-state index contributed by atoms with van der Waals surface area (Å²) < 4.78 is 0. The molecule has 0 aliphatic heterocycles. The molecule has 0 aliphatic carbocycles. The van der Waals surface area contributed by atoms with E-state index in [9.17, 15) is 9.90 Å². The van der Waals surface area contributed by atoms with Crippen molar-refractivity contribution in [3.05, 3.63) is 60.8 Å². The molecule has 0 aromatic heterocycles. The highest BCUT2D eigenvalue weighted by molar-refractivity contribution is 5.66. The number of unbranched alkanes of at least 4 members (excludes halogenated alkanes) is 3. The van der Waals surface area contributed by atoms with E-state index in [1.54, 1.807) is 0 Å². The number of allylic oxidation sites excluding steroid dienone is 8. The predicted molar refractivity (Wildman–Crippen MR) is 107 cm³/mol. The summed E-state index contributed by atoms with van der Waals surface area (Å²) in [5.74, 6) is -0.759. The molecule has 0 aromatic carbocycles. The molecule has 3 nitrogen and oxygen atoms in total. The second-order valence-electron chi connectivity index (χ2n) is 5.93. The third-order valence-corrected chi connectivity index (χ3v) is 3.50. The van der Waals surface area contributed by atoms with E-state index in [0.717, 1.165) is 19.3 Å². The fraction of sp³-hybridized carbons (Fsp3) is 0.500. The number of carbonyl (C=O) groups is 1. The molecule has 1 unspecified atom stereocenters. The van der Waals surface area contributed by atoms with Gasteiger partial charge in [-0.05, 0) is 38.5 Å². The molecule has 0 spiro atoms. The molecular formula is C22H34O3. The minimum Gasteiger partial charge on any atom is -0.481 e. The van der Waals surface area contributed by atoms with E-state index < -0.39 is 12.1 Å². The highest BCUT2D eigenvalue weighted by Crippen LogP contribution is 2.01. The number of carboxylic acids is 1. The maximum Gasteiger partial charge on any atom is 0.303 e. The molecule has 0 rings (SSSR count). The zero-order chi connectivity index (χ0) is 18.6. The number of hydrogen-bond donors (Lipinski definition) is 2. The summed E-state index contributed by atoms with van der Waals surface area (Å²) in [4.78, 5) is 10.3. The van der Waals surface area contributed by atoms with Crippen molar-refractivity contribution in [1.82, 2.24) is 0 Å². The van der Waals surface area contributed by atoms with Gasteiger partial charge in [0.2, 0.25) is 0 Å². The summed E-state index contributed by atoms with van der Waals surface area (Å²) in [6, 6.07) is 0. The van der Waals surface area contributed by atoms with E-state index in [-0.39, 0.29) is 6.42 Å². The SMILES string of the molecule is CCCCC/C=C\C=C\C(O)C/C=C\C/C=C\C/C=C\CCC(=O)O. The smallest absolute Gasteiger partial charge is 0.303 e. The van der Waals surface area contributed by atoms with Crippen LogP contribution in [-0.2, 0) is 4.79 Å². The van der Waals surface area contributed by atoms with E-state index in [0.29, 0.717) is 12.8 Å². The van der Waals surface area contributed by atoms with Crippen molar-refractivity contribution in [2.45, 2.75) is 70.8 Å². The summed E-state index contributed by atoms with van der Waals surface area (Å²) >= 11 is 0. The van der Waals surface area contributed by atoms with Gasteiger partial charge >= 0.3 is 5.97 Å². The van der Waals surface area contributed by atoms with Gasteiger partial charge in [-0.2, -0.15) is 0 Å². The Hall–Kier alpha value is -1.87. The largest absolute Gasteiger partial charge is 0.481 e. The lowest BCUT2D eigenvalue weighted by molar-refractivity contribution is -0.136. The maximum absolute atomic E-state index is 10.3. The van der Waals surface area contributed by atoms with Crippen LogP contribution < -0.4 is 0 Å². The molecular weight excluding hydrogens is 312 g/mol. The molecule has 2 N–H and O–H groups in total. The van der Waals surface area contributed by atoms with Crippen molar-refractivity contribution in [1.29, 1.82) is 0 Å². The first-order valence-corrected chi connectivity index (χ1v) is 9.35. The lowest BCUT2D eigenvalue weighted by atomic mass is 10.2. The highest BCUT2D eigenvalue weighted by Gasteiger charge is 1.93. The lowest BCUT2D eigenvalue weighted by Crippen LogP contribution is -1.98. The summed E-state index contributed by atoms with van der Waals surface area (Å²) in [6.45, 7) is 2.20. The third kappa shape index (κ3) is 20.1. The van der Waals surface area contributed by atoms with Crippen LogP contribution in [0.1, 0.15) is 64.7 Å². The number of carboxylic acid groups (broad SMARTS) is 1. The van der Waals surface area contributed by atoms with Gasteiger partial charge in [-0.25, -0.2) is 0 Å². The Morgan fingerprint density at radius 1 is 0.880 bits per heavy atom. The molecule has 0 aliphatic rings. The van der Waals surface area contributed by atoms with Gasteiger partial charge in [-0.15, -0.1) is 0 Å². The zero-order valence-corrected chi connectivity index (χ0v) is 15.5. The first kappa shape index (κ1) is 23.1. The fourth-order valence-corrected chi connectivity index (χ4v) is 2.06. The van der Waals surface area contributed by atoms with Gasteiger partial charge in [0.25, 0.3) is 0 Å². The van der Waals surface area contributed by atoms with Crippen molar-refractivity contribution < 1.29 is 15.0 Å². The summed E-state index contributed by atoms with van der Waals surface area (Å²) in [6.07, 6.45) is 27.4. The fourth-order valence-electron chi connectivity index (χ4n) is 2.06. The van der Waals surface area contributed by atoms with E-state index in [1.807, 2.05) is 42.5 Å². The van der Waals surface area contributed by atoms with Crippen molar-refractivity contribution in [3.63, 3.8) is 0 Å². The van der Waals surface area contributed by atoms with Gasteiger partial charge in [-0.1, -0.05) is 80.5 Å². The number of rotatable bonds is 15.